The molecule has 1 saturated heterocycles. The summed E-state index contributed by atoms with van der Waals surface area (Å²) in [7, 11) is 1.63. The van der Waals surface area contributed by atoms with Gasteiger partial charge in [-0.3, -0.25) is 4.57 Å². The average molecular weight is 453 g/mol. The van der Waals surface area contributed by atoms with Crippen LogP contribution in [0.5, 0.6) is 5.75 Å². The number of thioether (sulfide) groups is 1. The quantitative estimate of drug-likeness (QED) is 0.363. The summed E-state index contributed by atoms with van der Waals surface area (Å²) in [6.45, 7) is 2.57. The molecule has 0 aliphatic carbocycles. The van der Waals surface area contributed by atoms with Crippen LogP contribution in [0.2, 0.25) is 0 Å². The number of benzene rings is 1. The van der Waals surface area contributed by atoms with Gasteiger partial charge in [-0.25, -0.2) is 0 Å². The van der Waals surface area contributed by atoms with E-state index in [0.29, 0.717) is 24.0 Å². The minimum Gasteiger partial charge on any atom is -0.497 e. The van der Waals surface area contributed by atoms with Crippen molar-refractivity contribution in [1.29, 1.82) is 0 Å². The maximum atomic E-state index is 5.58. The van der Waals surface area contributed by atoms with Gasteiger partial charge in [-0.05, 0) is 43.5 Å². The second-order valence-electron chi connectivity index (χ2n) is 7.53. The van der Waals surface area contributed by atoms with Gasteiger partial charge in [0.15, 0.2) is 5.16 Å². The van der Waals surface area contributed by atoms with Crippen molar-refractivity contribution in [3.63, 3.8) is 0 Å². The number of nitrogens with zero attached hydrogens (tertiary/aromatic N) is 6. The van der Waals surface area contributed by atoms with E-state index in [1.807, 2.05) is 36.4 Å². The van der Waals surface area contributed by atoms with Gasteiger partial charge < -0.3 is 18.6 Å². The van der Waals surface area contributed by atoms with E-state index in [0.717, 1.165) is 41.3 Å². The number of aromatic nitrogens is 5. The summed E-state index contributed by atoms with van der Waals surface area (Å²) in [5, 5.41) is 13.9. The summed E-state index contributed by atoms with van der Waals surface area (Å²) in [5.74, 6) is 4.05. The number of anilines is 1. The number of piperidine rings is 1. The van der Waals surface area contributed by atoms with Crippen LogP contribution in [0.4, 0.5) is 5.95 Å². The first kappa shape index (κ1) is 20.6. The second-order valence-corrected chi connectivity index (χ2v) is 8.47. The van der Waals surface area contributed by atoms with Gasteiger partial charge in [-0.2, -0.15) is 4.98 Å². The van der Waals surface area contributed by atoms with Crippen molar-refractivity contribution in [2.24, 2.45) is 0 Å². The first-order valence-corrected chi connectivity index (χ1v) is 11.6. The monoisotopic (exact) mass is 452 g/mol. The van der Waals surface area contributed by atoms with Crippen LogP contribution in [0.1, 0.15) is 30.9 Å². The minimum absolute atomic E-state index is 0.493. The standard InChI is InChI=1S/C22H24N6O3S/c1-29-17-8-5-7-16(13-17)20-23-19(31-26-20)15-32-22-25-24-21(27-10-3-2-4-11-27)28(22)14-18-9-6-12-30-18/h5-9,12-13H,2-4,10-11,14-15H2,1H3. The molecule has 5 rings (SSSR count). The summed E-state index contributed by atoms with van der Waals surface area (Å²) in [4.78, 5) is 6.84. The SMILES string of the molecule is COc1cccc(-c2noc(CSc3nnc(N4CCCCC4)n3Cc3ccco3)n2)c1. The van der Waals surface area contributed by atoms with Crippen LogP contribution in [0, 0.1) is 0 Å². The smallest absolute Gasteiger partial charge is 0.237 e. The van der Waals surface area contributed by atoms with Crippen LogP contribution in [0.3, 0.4) is 0 Å². The first-order valence-electron chi connectivity index (χ1n) is 10.6. The third-order valence-corrected chi connectivity index (χ3v) is 6.30. The minimum atomic E-state index is 0.493. The van der Waals surface area contributed by atoms with E-state index < -0.39 is 0 Å². The molecule has 166 valence electrons. The zero-order chi connectivity index (χ0) is 21.8. The van der Waals surface area contributed by atoms with Crippen LogP contribution in [0.15, 0.2) is 56.8 Å². The van der Waals surface area contributed by atoms with Crippen LogP contribution in [0.25, 0.3) is 11.4 Å². The van der Waals surface area contributed by atoms with Gasteiger partial charge in [0.25, 0.3) is 0 Å². The van der Waals surface area contributed by atoms with Gasteiger partial charge in [-0.15, -0.1) is 10.2 Å². The summed E-state index contributed by atoms with van der Waals surface area (Å²) in [6.07, 6.45) is 5.29. The van der Waals surface area contributed by atoms with Crippen LogP contribution in [-0.2, 0) is 12.3 Å². The number of hydrogen-bond acceptors (Lipinski definition) is 9. The highest BCUT2D eigenvalue weighted by Crippen LogP contribution is 2.28. The molecular formula is C22H24N6O3S. The Hall–Kier alpha value is -3.27. The Labute approximate surface area is 189 Å². The fourth-order valence-electron chi connectivity index (χ4n) is 3.73. The largest absolute Gasteiger partial charge is 0.497 e. The lowest BCUT2D eigenvalue weighted by molar-refractivity contribution is 0.391. The molecule has 4 heterocycles. The number of hydrogen-bond donors (Lipinski definition) is 0. The Morgan fingerprint density at radius 3 is 2.81 bits per heavy atom. The molecule has 0 unspecified atom stereocenters. The number of ether oxygens (including phenoxy) is 1. The van der Waals surface area contributed by atoms with Crippen molar-refractivity contribution in [1.82, 2.24) is 24.9 Å². The van der Waals surface area contributed by atoms with Crippen LogP contribution in [-0.4, -0.2) is 45.1 Å². The van der Waals surface area contributed by atoms with Gasteiger partial charge in [0.1, 0.15) is 11.5 Å². The maximum absolute atomic E-state index is 5.58. The lowest BCUT2D eigenvalue weighted by atomic mass is 10.1. The summed E-state index contributed by atoms with van der Waals surface area (Å²) >= 11 is 1.52. The van der Waals surface area contributed by atoms with E-state index in [4.69, 9.17) is 13.7 Å². The molecular weight excluding hydrogens is 428 g/mol. The Kier molecular flexibility index (Phi) is 6.11. The molecule has 0 saturated carbocycles. The molecule has 32 heavy (non-hydrogen) atoms. The number of rotatable bonds is 8. The molecule has 0 N–H and O–H groups in total. The molecule has 1 aliphatic heterocycles. The van der Waals surface area contributed by atoms with E-state index >= 15 is 0 Å². The lowest BCUT2D eigenvalue weighted by Crippen LogP contribution is -2.32. The van der Waals surface area contributed by atoms with Gasteiger partial charge in [0.2, 0.25) is 17.7 Å². The van der Waals surface area contributed by atoms with E-state index in [1.165, 1.54) is 31.0 Å². The highest BCUT2D eigenvalue weighted by molar-refractivity contribution is 7.98. The van der Waals surface area contributed by atoms with E-state index in [1.54, 1.807) is 13.4 Å². The third kappa shape index (κ3) is 4.50. The number of furan rings is 1. The molecule has 1 fully saturated rings. The Bertz CT molecular complexity index is 1150. The van der Waals surface area contributed by atoms with Crippen molar-refractivity contribution in [2.75, 3.05) is 25.1 Å². The highest BCUT2D eigenvalue weighted by atomic mass is 32.2. The molecule has 0 amide bonds. The van der Waals surface area contributed by atoms with Crippen molar-refractivity contribution < 1.29 is 13.7 Å². The molecule has 4 aromatic rings. The van der Waals surface area contributed by atoms with Gasteiger partial charge in [0.05, 0.1) is 25.7 Å². The summed E-state index contributed by atoms with van der Waals surface area (Å²) in [5.41, 5.74) is 0.845. The molecule has 0 radical (unpaired) electrons. The molecule has 3 aromatic heterocycles. The first-order chi connectivity index (χ1) is 15.8. The van der Waals surface area contributed by atoms with Crippen molar-refractivity contribution in [2.45, 2.75) is 36.7 Å². The van der Waals surface area contributed by atoms with E-state index in [2.05, 4.69) is 29.8 Å². The molecule has 0 spiro atoms. The van der Waals surface area contributed by atoms with Gasteiger partial charge in [0, 0.05) is 18.7 Å². The van der Waals surface area contributed by atoms with E-state index in [-0.39, 0.29) is 0 Å². The fourth-order valence-corrected chi connectivity index (χ4v) is 4.50. The van der Waals surface area contributed by atoms with Gasteiger partial charge >= 0.3 is 0 Å². The Balaban J connectivity index is 1.34. The Morgan fingerprint density at radius 1 is 1.09 bits per heavy atom. The highest BCUT2D eigenvalue weighted by Gasteiger charge is 2.22. The van der Waals surface area contributed by atoms with Crippen molar-refractivity contribution in [3.8, 4) is 17.1 Å². The van der Waals surface area contributed by atoms with Crippen LogP contribution >= 0.6 is 11.8 Å². The molecule has 9 nitrogen and oxygen atoms in total. The Morgan fingerprint density at radius 2 is 2.00 bits per heavy atom. The molecule has 1 aromatic carbocycles. The van der Waals surface area contributed by atoms with Gasteiger partial charge in [-0.1, -0.05) is 29.1 Å². The summed E-state index contributed by atoms with van der Waals surface area (Å²) in [6, 6.07) is 11.4. The van der Waals surface area contributed by atoms with Crippen molar-refractivity contribution in [3.05, 3.63) is 54.3 Å². The molecule has 0 atom stereocenters. The molecule has 0 bridgehead atoms. The molecule has 10 heteroatoms. The fraction of sp³-hybridized carbons (Fsp3) is 0.364. The predicted molar refractivity (Wildman–Crippen MR) is 120 cm³/mol. The zero-order valence-corrected chi connectivity index (χ0v) is 18.6. The number of methoxy groups -OCH3 is 1. The predicted octanol–water partition coefficient (Wildman–Crippen LogP) is 4.26. The third-order valence-electron chi connectivity index (χ3n) is 5.35. The lowest BCUT2D eigenvalue weighted by Gasteiger charge is -2.27. The topological polar surface area (TPSA) is 95.2 Å². The normalized spacial score (nSPS) is 14.1. The van der Waals surface area contributed by atoms with Crippen LogP contribution < -0.4 is 9.64 Å². The van der Waals surface area contributed by atoms with Crippen molar-refractivity contribution >= 4 is 17.7 Å². The molecule has 1 aliphatic rings. The average Bonchev–Trinajstić information content (AvgIpc) is 3.60. The summed E-state index contributed by atoms with van der Waals surface area (Å²) < 4.78 is 18.4. The maximum Gasteiger partial charge on any atom is 0.237 e. The van der Waals surface area contributed by atoms with E-state index in [9.17, 15) is 0 Å². The second kappa shape index (κ2) is 9.47. The zero-order valence-electron chi connectivity index (χ0n) is 17.8.